The number of anilines is 1. The van der Waals surface area contributed by atoms with Crippen molar-refractivity contribution in [3.8, 4) is 0 Å². The molecule has 0 spiro atoms. The Morgan fingerprint density at radius 2 is 1.78 bits per heavy atom. The molecule has 2 N–H and O–H groups in total. The summed E-state index contributed by atoms with van der Waals surface area (Å²) in [5.41, 5.74) is 0.942. The summed E-state index contributed by atoms with van der Waals surface area (Å²) in [6.45, 7) is 2.10. The highest BCUT2D eigenvalue weighted by atomic mass is 16.5. The van der Waals surface area contributed by atoms with E-state index in [-0.39, 0.29) is 29.6 Å². The zero-order valence-corrected chi connectivity index (χ0v) is 15.7. The molecule has 2 fully saturated rings. The number of carbonyl (C=O) groups excluding carboxylic acids is 3. The summed E-state index contributed by atoms with van der Waals surface area (Å²) in [6.07, 6.45) is 3.32. The second-order valence-electron chi connectivity index (χ2n) is 7.16. The summed E-state index contributed by atoms with van der Waals surface area (Å²) >= 11 is 0. The summed E-state index contributed by atoms with van der Waals surface area (Å²) in [4.78, 5) is 39.0. The molecular weight excluding hydrogens is 346 g/mol. The van der Waals surface area contributed by atoms with Crippen LogP contribution in [0.25, 0.3) is 0 Å². The number of methoxy groups -OCH3 is 1. The first kappa shape index (κ1) is 19.4. The Balaban J connectivity index is 1.55. The van der Waals surface area contributed by atoms with Gasteiger partial charge in [-0.05, 0) is 37.8 Å². The van der Waals surface area contributed by atoms with Crippen LogP contribution in [0.3, 0.4) is 0 Å². The number of nitrogens with zero attached hydrogens (tertiary/aromatic N) is 1. The smallest absolute Gasteiger partial charge is 0.253 e. The van der Waals surface area contributed by atoms with E-state index < -0.39 is 0 Å². The third-order valence-corrected chi connectivity index (χ3v) is 5.13. The van der Waals surface area contributed by atoms with E-state index in [1.807, 2.05) is 4.90 Å². The lowest BCUT2D eigenvalue weighted by atomic mass is 9.95. The Morgan fingerprint density at radius 3 is 2.44 bits per heavy atom. The molecule has 1 aromatic rings. The lowest BCUT2D eigenvalue weighted by Crippen LogP contribution is -2.42. The van der Waals surface area contributed by atoms with E-state index in [2.05, 4.69) is 10.6 Å². The topological polar surface area (TPSA) is 87.7 Å². The van der Waals surface area contributed by atoms with Gasteiger partial charge in [0, 0.05) is 38.6 Å². The van der Waals surface area contributed by atoms with Gasteiger partial charge in [0.1, 0.15) is 0 Å². The van der Waals surface area contributed by atoms with Gasteiger partial charge in [-0.3, -0.25) is 14.4 Å². The highest BCUT2D eigenvalue weighted by Crippen LogP contribution is 2.32. The Kier molecular flexibility index (Phi) is 6.45. The maximum Gasteiger partial charge on any atom is 0.253 e. The second kappa shape index (κ2) is 8.99. The van der Waals surface area contributed by atoms with Crippen molar-refractivity contribution >= 4 is 23.4 Å². The lowest BCUT2D eigenvalue weighted by molar-refractivity contribution is -0.135. The van der Waals surface area contributed by atoms with Crippen molar-refractivity contribution < 1.29 is 19.1 Å². The molecule has 7 nitrogen and oxygen atoms in total. The van der Waals surface area contributed by atoms with Gasteiger partial charge >= 0.3 is 0 Å². The van der Waals surface area contributed by atoms with E-state index >= 15 is 0 Å². The fourth-order valence-corrected chi connectivity index (χ4v) is 3.34. The molecular formula is C20H27N3O4. The van der Waals surface area contributed by atoms with Gasteiger partial charge in [-0.1, -0.05) is 12.1 Å². The molecule has 0 aromatic heterocycles. The highest BCUT2D eigenvalue weighted by Gasteiger charge is 2.36. The molecule has 0 atom stereocenters. The maximum absolute atomic E-state index is 12.7. The van der Waals surface area contributed by atoms with Crippen LogP contribution in [0.1, 0.15) is 36.0 Å². The number of ether oxygens (including phenoxy) is 1. The van der Waals surface area contributed by atoms with Crippen molar-refractivity contribution in [3.63, 3.8) is 0 Å². The molecule has 3 amide bonds. The Bertz CT molecular complexity index is 694. The van der Waals surface area contributed by atoms with Crippen molar-refractivity contribution in [2.45, 2.75) is 25.7 Å². The van der Waals surface area contributed by atoms with E-state index in [0.29, 0.717) is 50.3 Å². The third-order valence-electron chi connectivity index (χ3n) is 5.13. The van der Waals surface area contributed by atoms with Crippen molar-refractivity contribution in [1.82, 2.24) is 10.2 Å². The van der Waals surface area contributed by atoms with Crippen LogP contribution in [0, 0.1) is 11.8 Å². The molecule has 1 saturated carbocycles. The first-order valence-corrected chi connectivity index (χ1v) is 9.56. The zero-order chi connectivity index (χ0) is 19.2. The summed E-state index contributed by atoms with van der Waals surface area (Å²) < 4.78 is 4.93. The summed E-state index contributed by atoms with van der Waals surface area (Å²) in [7, 11) is 1.57. The van der Waals surface area contributed by atoms with Crippen molar-refractivity contribution in [2.75, 3.05) is 38.7 Å². The van der Waals surface area contributed by atoms with E-state index in [4.69, 9.17) is 4.74 Å². The first-order valence-electron chi connectivity index (χ1n) is 9.56. The molecule has 1 aliphatic carbocycles. The minimum Gasteiger partial charge on any atom is -0.383 e. The largest absolute Gasteiger partial charge is 0.383 e. The van der Waals surface area contributed by atoms with Gasteiger partial charge in [-0.15, -0.1) is 0 Å². The minimum absolute atomic E-state index is 0.0920. The van der Waals surface area contributed by atoms with Gasteiger partial charge in [-0.25, -0.2) is 0 Å². The molecule has 1 aliphatic heterocycles. The van der Waals surface area contributed by atoms with Gasteiger partial charge < -0.3 is 20.3 Å². The van der Waals surface area contributed by atoms with Crippen LogP contribution >= 0.6 is 0 Å². The quantitative estimate of drug-likeness (QED) is 0.712. The van der Waals surface area contributed by atoms with E-state index in [9.17, 15) is 14.4 Å². The highest BCUT2D eigenvalue weighted by molar-refractivity contribution is 6.04. The van der Waals surface area contributed by atoms with Crippen molar-refractivity contribution in [2.24, 2.45) is 11.8 Å². The number of hydrogen-bond acceptors (Lipinski definition) is 4. The van der Waals surface area contributed by atoms with Crippen LogP contribution in [0.4, 0.5) is 5.69 Å². The van der Waals surface area contributed by atoms with Crippen LogP contribution < -0.4 is 10.6 Å². The first-order chi connectivity index (χ1) is 13.1. The standard InChI is InChI=1S/C20H27N3O4/c1-27-13-10-21-19(25)16-4-2-3-5-17(16)22-18(24)14-8-11-23(12-9-14)20(26)15-6-7-15/h2-5,14-15H,6-13H2,1H3,(H,21,25)(H,22,24). The number of hydrogen-bond donors (Lipinski definition) is 2. The van der Waals surface area contributed by atoms with Gasteiger partial charge in [0.05, 0.1) is 17.9 Å². The molecule has 1 aromatic carbocycles. The normalized spacial score (nSPS) is 17.4. The number of para-hydroxylation sites is 1. The minimum atomic E-state index is -0.243. The molecule has 0 radical (unpaired) electrons. The van der Waals surface area contributed by atoms with Crippen LogP contribution in [-0.2, 0) is 14.3 Å². The number of benzene rings is 1. The molecule has 2 aliphatic rings. The van der Waals surface area contributed by atoms with E-state index in [1.165, 1.54) is 0 Å². The average molecular weight is 373 g/mol. The number of carbonyl (C=O) groups is 3. The van der Waals surface area contributed by atoms with Gasteiger partial charge in [0.25, 0.3) is 5.91 Å². The maximum atomic E-state index is 12.7. The van der Waals surface area contributed by atoms with Crippen LogP contribution in [0.2, 0.25) is 0 Å². The van der Waals surface area contributed by atoms with Crippen molar-refractivity contribution in [3.05, 3.63) is 29.8 Å². The molecule has 0 bridgehead atoms. The van der Waals surface area contributed by atoms with Gasteiger partial charge in [0.15, 0.2) is 0 Å². The summed E-state index contributed by atoms with van der Waals surface area (Å²) in [5, 5.41) is 5.66. The summed E-state index contributed by atoms with van der Waals surface area (Å²) in [6, 6.07) is 6.98. The molecule has 0 unspecified atom stereocenters. The van der Waals surface area contributed by atoms with Crippen molar-refractivity contribution in [1.29, 1.82) is 0 Å². The van der Waals surface area contributed by atoms with Crippen LogP contribution in [0.15, 0.2) is 24.3 Å². The van der Waals surface area contributed by atoms with Gasteiger partial charge in [0.2, 0.25) is 11.8 Å². The molecule has 146 valence electrons. The fourth-order valence-electron chi connectivity index (χ4n) is 3.34. The lowest BCUT2D eigenvalue weighted by Gasteiger charge is -2.31. The zero-order valence-electron chi connectivity index (χ0n) is 15.7. The Labute approximate surface area is 159 Å². The summed E-state index contributed by atoms with van der Waals surface area (Å²) in [5.74, 6) is -0.0119. The predicted molar refractivity (Wildman–Crippen MR) is 101 cm³/mol. The fraction of sp³-hybridized carbons (Fsp3) is 0.550. The molecule has 27 heavy (non-hydrogen) atoms. The molecule has 3 rings (SSSR count). The average Bonchev–Trinajstić information content (AvgIpc) is 3.53. The number of nitrogens with one attached hydrogen (secondary N) is 2. The Hall–Kier alpha value is -2.41. The second-order valence-corrected chi connectivity index (χ2v) is 7.16. The van der Waals surface area contributed by atoms with Crippen LogP contribution in [0.5, 0.6) is 0 Å². The number of amides is 3. The number of likely N-dealkylation sites (tertiary alicyclic amines) is 1. The molecule has 1 heterocycles. The van der Waals surface area contributed by atoms with Gasteiger partial charge in [-0.2, -0.15) is 0 Å². The Morgan fingerprint density at radius 1 is 1.07 bits per heavy atom. The number of piperidine rings is 1. The van der Waals surface area contributed by atoms with E-state index in [1.54, 1.807) is 31.4 Å². The molecule has 7 heteroatoms. The SMILES string of the molecule is COCCNC(=O)c1ccccc1NC(=O)C1CCN(C(=O)C2CC2)CC1. The van der Waals surface area contributed by atoms with Crippen LogP contribution in [-0.4, -0.2) is 56.0 Å². The van der Waals surface area contributed by atoms with E-state index in [0.717, 1.165) is 12.8 Å². The monoisotopic (exact) mass is 373 g/mol. The third kappa shape index (κ3) is 5.07. The number of rotatable bonds is 7. The predicted octanol–water partition coefficient (Wildman–Crippen LogP) is 1.65. The molecule has 1 saturated heterocycles.